The van der Waals surface area contributed by atoms with Gasteiger partial charge in [0.2, 0.25) is 18.6 Å². The number of benzene rings is 1. The summed E-state index contributed by atoms with van der Waals surface area (Å²) in [5, 5.41) is 2.61. The monoisotopic (exact) mass is 373 g/mol. The molecule has 1 atom stereocenters. The third kappa shape index (κ3) is 3.53. The van der Waals surface area contributed by atoms with Crippen LogP contribution >= 0.6 is 0 Å². The fourth-order valence-electron chi connectivity index (χ4n) is 3.11. The second-order valence-electron chi connectivity index (χ2n) is 6.28. The third-order valence-electron chi connectivity index (χ3n) is 4.57. The van der Waals surface area contributed by atoms with Gasteiger partial charge < -0.3 is 28.8 Å². The van der Waals surface area contributed by atoms with Gasteiger partial charge in [-0.05, 0) is 18.6 Å². The number of aromatic nitrogens is 1. The van der Waals surface area contributed by atoms with Crippen LogP contribution in [0.2, 0.25) is 0 Å². The Labute approximate surface area is 155 Å². The molecule has 1 N–H and O–H groups in total. The van der Waals surface area contributed by atoms with E-state index in [0.29, 0.717) is 36.8 Å². The van der Waals surface area contributed by atoms with Gasteiger partial charge in [0.05, 0.1) is 5.92 Å². The number of carbonyl (C=O) groups excluding carboxylic acids is 2. The van der Waals surface area contributed by atoms with Gasteiger partial charge in [-0.15, -0.1) is 0 Å². The highest BCUT2D eigenvalue weighted by molar-refractivity contribution is 5.93. The van der Waals surface area contributed by atoms with Crippen molar-refractivity contribution in [2.45, 2.75) is 13.0 Å². The summed E-state index contributed by atoms with van der Waals surface area (Å²) in [6, 6.07) is 5.24. The van der Waals surface area contributed by atoms with Crippen molar-refractivity contribution >= 4 is 11.8 Å². The summed E-state index contributed by atoms with van der Waals surface area (Å²) in [5.74, 6) is 1.68. The Balaban J connectivity index is 1.34. The number of fused-ring (bicyclic) bond motifs is 1. The summed E-state index contributed by atoms with van der Waals surface area (Å²) in [6.45, 7) is 1.18. The van der Waals surface area contributed by atoms with Crippen LogP contribution < -0.4 is 19.5 Å². The van der Waals surface area contributed by atoms with Gasteiger partial charge in [-0.2, -0.15) is 0 Å². The maximum Gasteiger partial charge on any atom is 0.275 e. The number of hydrogen-bond donors (Lipinski definition) is 1. The Morgan fingerprint density at radius 3 is 3.04 bits per heavy atom. The lowest BCUT2D eigenvalue weighted by Crippen LogP contribution is -2.33. The molecule has 2 aliphatic rings. The van der Waals surface area contributed by atoms with E-state index < -0.39 is 0 Å². The number of nitrogens with zero attached hydrogens (tertiary/aromatic N) is 2. The Morgan fingerprint density at radius 1 is 1.33 bits per heavy atom. The Hall–Kier alpha value is -3.23. The van der Waals surface area contributed by atoms with Gasteiger partial charge in [-0.3, -0.25) is 9.59 Å². The predicted molar refractivity (Wildman–Crippen MR) is 91.5 cm³/mol. The highest BCUT2D eigenvalue weighted by Crippen LogP contribution is 2.35. The van der Waals surface area contributed by atoms with Gasteiger partial charge in [0, 0.05) is 26.2 Å². The van der Waals surface area contributed by atoms with E-state index in [1.165, 1.54) is 6.26 Å². The average Bonchev–Trinajstić information content (AvgIpc) is 3.45. The first-order valence-electron chi connectivity index (χ1n) is 8.62. The van der Waals surface area contributed by atoms with Crippen LogP contribution in [0, 0.1) is 5.92 Å². The molecule has 0 unspecified atom stereocenters. The number of likely N-dealkylation sites (tertiary alicyclic amines) is 1. The van der Waals surface area contributed by atoms with E-state index in [9.17, 15) is 9.59 Å². The van der Waals surface area contributed by atoms with Crippen LogP contribution in [-0.2, 0) is 11.4 Å². The minimum Gasteiger partial charge on any atom is -0.484 e. The molecule has 4 rings (SSSR count). The number of amides is 2. The molecule has 27 heavy (non-hydrogen) atoms. The number of rotatable bonds is 5. The molecule has 142 valence electrons. The molecule has 1 fully saturated rings. The second kappa shape index (κ2) is 7.18. The topological polar surface area (TPSA) is 103 Å². The maximum atomic E-state index is 12.5. The molecule has 2 amide bonds. The standard InChI is InChI=1S/C18H19N3O6/c1-19-17(22)11-4-5-21(7-11)18(23)13-8-25-16(20-13)9-24-12-2-3-14-15(6-12)27-10-26-14/h2-3,6,8,11H,4-5,7,9-10H2,1H3,(H,19,22)/t11-/m1/s1. The molecule has 9 nitrogen and oxygen atoms in total. The van der Waals surface area contributed by atoms with E-state index in [-0.39, 0.29) is 42.7 Å². The largest absolute Gasteiger partial charge is 0.484 e. The van der Waals surface area contributed by atoms with E-state index in [1.807, 2.05) is 0 Å². The molecule has 2 aromatic rings. The second-order valence-corrected chi connectivity index (χ2v) is 6.28. The summed E-state index contributed by atoms with van der Waals surface area (Å²) in [6.07, 6.45) is 1.96. The lowest BCUT2D eigenvalue weighted by molar-refractivity contribution is -0.124. The molecular weight excluding hydrogens is 354 g/mol. The van der Waals surface area contributed by atoms with E-state index in [2.05, 4.69) is 10.3 Å². The van der Waals surface area contributed by atoms with E-state index in [4.69, 9.17) is 18.6 Å². The van der Waals surface area contributed by atoms with E-state index >= 15 is 0 Å². The van der Waals surface area contributed by atoms with E-state index in [0.717, 1.165) is 0 Å². The van der Waals surface area contributed by atoms with Gasteiger partial charge in [-0.1, -0.05) is 0 Å². The Bertz CT molecular complexity index is 865. The normalized spacial score (nSPS) is 17.8. The van der Waals surface area contributed by atoms with Gasteiger partial charge in [-0.25, -0.2) is 4.98 Å². The molecule has 1 saturated heterocycles. The van der Waals surface area contributed by atoms with Crippen LogP contribution in [-0.4, -0.2) is 48.6 Å². The van der Waals surface area contributed by atoms with Gasteiger partial charge in [0.1, 0.15) is 12.0 Å². The van der Waals surface area contributed by atoms with Crippen LogP contribution in [0.4, 0.5) is 0 Å². The van der Waals surface area contributed by atoms with Crippen molar-refractivity contribution in [3.05, 3.63) is 36.0 Å². The summed E-state index contributed by atoms with van der Waals surface area (Å²) < 4.78 is 21.5. The minimum atomic E-state index is -0.250. The molecular formula is C18H19N3O6. The number of oxazole rings is 1. The number of ether oxygens (including phenoxy) is 3. The fraction of sp³-hybridized carbons (Fsp3) is 0.389. The van der Waals surface area contributed by atoms with Crippen LogP contribution in [0.3, 0.4) is 0 Å². The van der Waals surface area contributed by atoms with Crippen molar-refractivity contribution in [2.24, 2.45) is 5.92 Å². The lowest BCUT2D eigenvalue weighted by atomic mass is 10.1. The van der Waals surface area contributed by atoms with Crippen molar-refractivity contribution in [2.75, 3.05) is 26.9 Å². The number of nitrogens with one attached hydrogen (secondary N) is 1. The van der Waals surface area contributed by atoms with Gasteiger partial charge in [0.15, 0.2) is 23.8 Å². The summed E-state index contributed by atoms with van der Waals surface area (Å²) >= 11 is 0. The lowest BCUT2D eigenvalue weighted by Gasteiger charge is -2.14. The van der Waals surface area contributed by atoms with Crippen molar-refractivity contribution in [1.29, 1.82) is 0 Å². The summed E-state index contributed by atoms with van der Waals surface area (Å²) in [5.41, 5.74) is 0.205. The molecule has 9 heteroatoms. The molecule has 1 aromatic carbocycles. The zero-order valence-corrected chi connectivity index (χ0v) is 14.8. The predicted octanol–water partition coefficient (Wildman–Crippen LogP) is 1.19. The summed E-state index contributed by atoms with van der Waals surface area (Å²) in [7, 11) is 1.59. The molecule has 0 aliphatic carbocycles. The first-order valence-corrected chi connectivity index (χ1v) is 8.62. The van der Waals surface area contributed by atoms with Crippen LogP contribution in [0.15, 0.2) is 28.9 Å². The van der Waals surface area contributed by atoms with Crippen molar-refractivity contribution in [1.82, 2.24) is 15.2 Å². The molecule has 2 aliphatic heterocycles. The van der Waals surface area contributed by atoms with Crippen molar-refractivity contribution in [3.8, 4) is 17.2 Å². The van der Waals surface area contributed by atoms with Crippen LogP contribution in [0.5, 0.6) is 17.2 Å². The van der Waals surface area contributed by atoms with Crippen LogP contribution in [0.25, 0.3) is 0 Å². The third-order valence-corrected chi connectivity index (χ3v) is 4.57. The maximum absolute atomic E-state index is 12.5. The average molecular weight is 373 g/mol. The molecule has 1 aromatic heterocycles. The molecule has 0 radical (unpaired) electrons. The van der Waals surface area contributed by atoms with Crippen LogP contribution in [0.1, 0.15) is 22.8 Å². The van der Waals surface area contributed by atoms with Gasteiger partial charge >= 0.3 is 0 Å². The molecule has 0 saturated carbocycles. The van der Waals surface area contributed by atoms with E-state index in [1.54, 1.807) is 30.1 Å². The zero-order valence-electron chi connectivity index (χ0n) is 14.8. The van der Waals surface area contributed by atoms with Gasteiger partial charge in [0.25, 0.3) is 5.91 Å². The quantitative estimate of drug-likeness (QED) is 0.840. The zero-order chi connectivity index (χ0) is 18.8. The molecule has 0 spiro atoms. The smallest absolute Gasteiger partial charge is 0.275 e. The first-order chi connectivity index (χ1) is 13.1. The number of hydrogen-bond acceptors (Lipinski definition) is 7. The Kier molecular flexibility index (Phi) is 4.57. The van der Waals surface area contributed by atoms with Crippen molar-refractivity contribution in [3.63, 3.8) is 0 Å². The number of carbonyl (C=O) groups is 2. The first kappa shape index (κ1) is 17.2. The Morgan fingerprint density at radius 2 is 2.19 bits per heavy atom. The highest BCUT2D eigenvalue weighted by Gasteiger charge is 2.32. The molecule has 3 heterocycles. The fourth-order valence-corrected chi connectivity index (χ4v) is 3.11. The SMILES string of the molecule is CNC(=O)[C@@H]1CCN(C(=O)c2coc(COc3ccc4c(c3)OCO4)n2)C1. The van der Waals surface area contributed by atoms with Crippen molar-refractivity contribution < 1.29 is 28.2 Å². The minimum absolute atomic E-state index is 0.0525. The highest BCUT2D eigenvalue weighted by atomic mass is 16.7. The molecule has 0 bridgehead atoms. The summed E-state index contributed by atoms with van der Waals surface area (Å²) in [4.78, 5) is 30.0.